The molecule has 2 aliphatic heterocycles. The van der Waals surface area contributed by atoms with Gasteiger partial charge in [-0.1, -0.05) is 67.4 Å². The van der Waals surface area contributed by atoms with E-state index < -0.39 is 0 Å². The van der Waals surface area contributed by atoms with Gasteiger partial charge in [-0.15, -0.1) is 10.2 Å². The van der Waals surface area contributed by atoms with E-state index in [2.05, 4.69) is 58.4 Å². The molecule has 0 N–H and O–H groups in total. The molecule has 0 saturated carbocycles. The Balaban J connectivity index is 1.36. The molecule has 4 aromatic rings. The molecule has 0 atom stereocenters. The van der Waals surface area contributed by atoms with E-state index >= 15 is 0 Å². The molecular weight excluding hydrogens is 514 g/mol. The van der Waals surface area contributed by atoms with E-state index in [4.69, 9.17) is 30.5 Å². The molecule has 0 aliphatic carbocycles. The SMILES string of the molecule is CCCCc1c(-c2ccccc2)nnc(Cl)c1CN(Cc1ccc2c(c1)OCO2)Cc1ccc2c(c1)OCO2. The fourth-order valence-corrected chi connectivity index (χ4v) is 5.29. The molecular formula is C31H30ClN3O4. The minimum Gasteiger partial charge on any atom is -0.454 e. The Labute approximate surface area is 233 Å². The number of fused-ring (bicyclic) bond motifs is 2. The first-order valence-electron chi connectivity index (χ1n) is 13.3. The Morgan fingerprint density at radius 2 is 1.33 bits per heavy atom. The molecule has 0 fully saturated rings. The van der Waals surface area contributed by atoms with Gasteiger partial charge in [0.1, 0.15) is 0 Å². The van der Waals surface area contributed by atoms with Gasteiger partial charge < -0.3 is 18.9 Å². The second-order valence-electron chi connectivity index (χ2n) is 9.79. The number of ether oxygens (including phenoxy) is 4. The lowest BCUT2D eigenvalue weighted by molar-refractivity contribution is 0.173. The largest absolute Gasteiger partial charge is 0.454 e. The van der Waals surface area contributed by atoms with Crippen LogP contribution in [0.5, 0.6) is 23.0 Å². The first kappa shape index (κ1) is 25.5. The first-order valence-corrected chi connectivity index (χ1v) is 13.6. The highest BCUT2D eigenvalue weighted by Gasteiger charge is 2.22. The Morgan fingerprint density at radius 3 is 1.95 bits per heavy atom. The van der Waals surface area contributed by atoms with Crippen LogP contribution in [0.4, 0.5) is 0 Å². The maximum Gasteiger partial charge on any atom is 0.231 e. The van der Waals surface area contributed by atoms with Crippen molar-refractivity contribution in [3.05, 3.63) is 94.1 Å². The lowest BCUT2D eigenvalue weighted by Crippen LogP contribution is -2.24. The third kappa shape index (κ3) is 5.65. The monoisotopic (exact) mass is 543 g/mol. The summed E-state index contributed by atoms with van der Waals surface area (Å²) in [5.74, 6) is 3.09. The normalized spacial score (nSPS) is 13.3. The van der Waals surface area contributed by atoms with Gasteiger partial charge >= 0.3 is 0 Å². The average Bonchev–Trinajstić information content (AvgIpc) is 3.62. The predicted octanol–water partition coefficient (Wildman–Crippen LogP) is 6.80. The highest BCUT2D eigenvalue weighted by Crippen LogP contribution is 2.36. The number of unbranched alkanes of at least 4 members (excludes halogenated alkanes) is 1. The van der Waals surface area contributed by atoms with Crippen molar-refractivity contribution in [2.24, 2.45) is 0 Å². The molecule has 2 aliphatic rings. The quantitative estimate of drug-likeness (QED) is 0.218. The molecule has 1 aromatic heterocycles. The van der Waals surface area contributed by atoms with Crippen molar-refractivity contribution in [2.75, 3.05) is 13.6 Å². The summed E-state index contributed by atoms with van der Waals surface area (Å²) in [6, 6.07) is 22.4. The highest BCUT2D eigenvalue weighted by molar-refractivity contribution is 6.30. The molecule has 39 heavy (non-hydrogen) atoms. The molecule has 0 bridgehead atoms. The van der Waals surface area contributed by atoms with E-state index in [9.17, 15) is 0 Å². The zero-order valence-corrected chi connectivity index (χ0v) is 22.6. The van der Waals surface area contributed by atoms with Gasteiger partial charge in [0.15, 0.2) is 28.2 Å². The van der Waals surface area contributed by atoms with Crippen LogP contribution in [0.25, 0.3) is 11.3 Å². The minimum atomic E-state index is 0.251. The average molecular weight is 544 g/mol. The van der Waals surface area contributed by atoms with Crippen molar-refractivity contribution in [1.82, 2.24) is 15.1 Å². The highest BCUT2D eigenvalue weighted by atomic mass is 35.5. The molecule has 0 unspecified atom stereocenters. The lowest BCUT2D eigenvalue weighted by atomic mass is 9.97. The second kappa shape index (κ2) is 11.5. The van der Waals surface area contributed by atoms with Crippen molar-refractivity contribution in [3.63, 3.8) is 0 Å². The van der Waals surface area contributed by atoms with Gasteiger partial charge in [0.25, 0.3) is 0 Å². The number of rotatable bonds is 10. The van der Waals surface area contributed by atoms with Crippen molar-refractivity contribution in [1.29, 1.82) is 0 Å². The molecule has 7 nitrogen and oxygen atoms in total. The number of nitrogens with zero attached hydrogens (tertiary/aromatic N) is 3. The summed E-state index contributed by atoms with van der Waals surface area (Å²) < 4.78 is 22.3. The van der Waals surface area contributed by atoms with Crippen LogP contribution in [0.3, 0.4) is 0 Å². The van der Waals surface area contributed by atoms with Crippen molar-refractivity contribution >= 4 is 11.6 Å². The Hall–Kier alpha value is -3.81. The first-order chi connectivity index (χ1) is 19.2. The minimum absolute atomic E-state index is 0.251. The molecule has 3 aromatic carbocycles. The van der Waals surface area contributed by atoms with Gasteiger partial charge in [0.05, 0.1) is 5.69 Å². The molecule has 0 saturated heterocycles. The molecule has 6 rings (SSSR count). The summed E-state index contributed by atoms with van der Waals surface area (Å²) in [4.78, 5) is 2.36. The maximum absolute atomic E-state index is 6.80. The Morgan fingerprint density at radius 1 is 0.718 bits per heavy atom. The zero-order valence-electron chi connectivity index (χ0n) is 21.9. The standard InChI is InChI=1S/C31H30ClN3O4/c1-2-3-9-24-25(31(32)34-33-30(24)23-7-5-4-6-8-23)18-35(16-21-10-12-26-28(14-21)38-19-36-26)17-22-11-13-27-29(15-22)39-20-37-27/h4-8,10-15H,2-3,9,16-20H2,1H3. The molecule has 8 heteroatoms. The van der Waals surface area contributed by atoms with Crippen LogP contribution in [0, 0.1) is 0 Å². The van der Waals surface area contributed by atoms with Crippen LogP contribution >= 0.6 is 11.6 Å². The number of halogens is 1. The van der Waals surface area contributed by atoms with Gasteiger partial charge in [-0.2, -0.15) is 0 Å². The fraction of sp³-hybridized carbons (Fsp3) is 0.290. The number of benzene rings is 3. The van der Waals surface area contributed by atoms with Crippen LogP contribution in [-0.2, 0) is 26.1 Å². The van der Waals surface area contributed by atoms with Gasteiger partial charge in [-0.25, -0.2) is 0 Å². The van der Waals surface area contributed by atoms with Crippen LogP contribution < -0.4 is 18.9 Å². The maximum atomic E-state index is 6.80. The summed E-state index contributed by atoms with van der Waals surface area (Å²) in [6.45, 7) is 4.66. The molecule has 0 amide bonds. The van der Waals surface area contributed by atoms with E-state index in [1.54, 1.807) is 0 Å². The third-order valence-electron chi connectivity index (χ3n) is 7.03. The smallest absolute Gasteiger partial charge is 0.231 e. The molecule has 3 heterocycles. The van der Waals surface area contributed by atoms with Crippen molar-refractivity contribution in [2.45, 2.75) is 45.8 Å². The summed E-state index contributed by atoms with van der Waals surface area (Å²) in [6.07, 6.45) is 3.00. The summed E-state index contributed by atoms with van der Waals surface area (Å²) >= 11 is 6.80. The van der Waals surface area contributed by atoms with Crippen LogP contribution in [0.1, 0.15) is 42.0 Å². The Kier molecular flexibility index (Phi) is 7.52. The fourth-order valence-electron chi connectivity index (χ4n) is 5.08. The number of hydrogen-bond acceptors (Lipinski definition) is 7. The van der Waals surface area contributed by atoms with E-state index in [-0.39, 0.29) is 13.6 Å². The molecule has 0 spiro atoms. The van der Waals surface area contributed by atoms with Crippen LogP contribution in [0.15, 0.2) is 66.7 Å². The lowest BCUT2D eigenvalue weighted by Gasteiger charge is -2.25. The summed E-state index contributed by atoms with van der Waals surface area (Å²) in [5, 5.41) is 9.40. The number of hydrogen-bond donors (Lipinski definition) is 0. The zero-order chi connectivity index (χ0) is 26.6. The van der Waals surface area contributed by atoms with E-state index in [1.807, 2.05) is 30.3 Å². The van der Waals surface area contributed by atoms with Crippen molar-refractivity contribution < 1.29 is 18.9 Å². The van der Waals surface area contributed by atoms with Crippen LogP contribution in [-0.4, -0.2) is 28.7 Å². The van der Waals surface area contributed by atoms with Crippen LogP contribution in [0.2, 0.25) is 5.15 Å². The van der Waals surface area contributed by atoms with Gasteiger partial charge in [0, 0.05) is 30.8 Å². The van der Waals surface area contributed by atoms with Gasteiger partial charge in [-0.3, -0.25) is 4.90 Å². The van der Waals surface area contributed by atoms with Crippen molar-refractivity contribution in [3.8, 4) is 34.3 Å². The molecule has 200 valence electrons. The van der Waals surface area contributed by atoms with Gasteiger partial charge in [-0.05, 0) is 53.8 Å². The second-order valence-corrected chi connectivity index (χ2v) is 10.1. The van der Waals surface area contributed by atoms with E-state index in [0.29, 0.717) is 24.8 Å². The predicted molar refractivity (Wildman–Crippen MR) is 149 cm³/mol. The summed E-state index contributed by atoms with van der Waals surface area (Å²) in [7, 11) is 0. The number of aromatic nitrogens is 2. The summed E-state index contributed by atoms with van der Waals surface area (Å²) in [5.41, 5.74) is 6.36. The Bertz CT molecular complexity index is 1400. The van der Waals surface area contributed by atoms with E-state index in [1.165, 1.54) is 0 Å². The third-order valence-corrected chi connectivity index (χ3v) is 7.34. The molecule has 0 radical (unpaired) electrons. The topological polar surface area (TPSA) is 65.9 Å². The van der Waals surface area contributed by atoms with E-state index in [0.717, 1.165) is 75.8 Å². The van der Waals surface area contributed by atoms with Gasteiger partial charge in [0.2, 0.25) is 13.6 Å².